The molecule has 2 unspecified atom stereocenters. The van der Waals surface area contributed by atoms with Crippen molar-refractivity contribution in [3.05, 3.63) is 54.1 Å². The Morgan fingerprint density at radius 3 is 2.38 bits per heavy atom. The average Bonchev–Trinajstić information content (AvgIpc) is 3.09. The van der Waals surface area contributed by atoms with E-state index in [9.17, 15) is 4.39 Å². The highest BCUT2D eigenvalue weighted by Crippen LogP contribution is 2.41. The van der Waals surface area contributed by atoms with Gasteiger partial charge in [-0.2, -0.15) is 5.10 Å². The zero-order valence-corrected chi connectivity index (χ0v) is 12.0. The summed E-state index contributed by atoms with van der Waals surface area (Å²) >= 11 is 0. The summed E-state index contributed by atoms with van der Waals surface area (Å²) in [5.41, 5.74) is 1.21. The van der Waals surface area contributed by atoms with Crippen LogP contribution in [0.25, 0.3) is 0 Å². The Labute approximate surface area is 124 Å². The van der Waals surface area contributed by atoms with Gasteiger partial charge in [0, 0.05) is 31.0 Å². The Kier molecular flexibility index (Phi) is 3.26. The Bertz CT molecular complexity index is 579. The quantitative estimate of drug-likeness (QED) is 0.862. The molecule has 0 spiro atoms. The maximum absolute atomic E-state index is 13.0. The smallest absolute Gasteiger partial charge is 0.123 e. The summed E-state index contributed by atoms with van der Waals surface area (Å²) in [6, 6.07) is 10.8. The fourth-order valence-electron chi connectivity index (χ4n) is 4.02. The van der Waals surface area contributed by atoms with Gasteiger partial charge in [-0.3, -0.25) is 9.58 Å². The van der Waals surface area contributed by atoms with Gasteiger partial charge in [0.1, 0.15) is 5.82 Å². The Morgan fingerprint density at radius 1 is 1.05 bits per heavy atom. The molecule has 2 saturated heterocycles. The van der Waals surface area contributed by atoms with Gasteiger partial charge in [-0.25, -0.2) is 4.39 Å². The zero-order valence-electron chi connectivity index (χ0n) is 12.0. The second-order valence-electron chi connectivity index (χ2n) is 6.30. The standard InChI is InChI=1S/C17H20FN3/c18-14-4-2-13(3-5-14)12-20-15-6-7-16(20)11-17(10-15)21-9-1-8-19-21/h1-5,8-9,15-17H,6-7,10-12H2. The van der Waals surface area contributed by atoms with Crippen molar-refractivity contribution >= 4 is 0 Å². The van der Waals surface area contributed by atoms with Crippen LogP contribution in [0.1, 0.15) is 37.3 Å². The molecule has 1 aromatic heterocycles. The molecule has 0 N–H and O–H groups in total. The van der Waals surface area contributed by atoms with E-state index in [0.717, 1.165) is 6.54 Å². The van der Waals surface area contributed by atoms with Crippen LogP contribution >= 0.6 is 0 Å². The maximum atomic E-state index is 13.0. The van der Waals surface area contributed by atoms with Crippen molar-refractivity contribution in [1.29, 1.82) is 0 Å². The van der Waals surface area contributed by atoms with E-state index >= 15 is 0 Å². The molecule has 21 heavy (non-hydrogen) atoms. The lowest BCUT2D eigenvalue weighted by molar-refractivity contribution is 0.0951. The van der Waals surface area contributed by atoms with Crippen molar-refractivity contribution in [2.24, 2.45) is 0 Å². The third kappa shape index (κ3) is 2.48. The summed E-state index contributed by atoms with van der Waals surface area (Å²) in [4.78, 5) is 2.62. The molecule has 3 nitrogen and oxygen atoms in total. The number of benzene rings is 1. The molecular weight excluding hydrogens is 265 g/mol. The molecule has 2 atom stereocenters. The van der Waals surface area contributed by atoms with E-state index in [4.69, 9.17) is 0 Å². The van der Waals surface area contributed by atoms with Gasteiger partial charge in [-0.1, -0.05) is 12.1 Å². The lowest BCUT2D eigenvalue weighted by Gasteiger charge is -2.39. The van der Waals surface area contributed by atoms with Crippen molar-refractivity contribution < 1.29 is 4.39 Å². The first-order valence-electron chi connectivity index (χ1n) is 7.79. The van der Waals surface area contributed by atoms with Gasteiger partial charge in [0.25, 0.3) is 0 Å². The lowest BCUT2D eigenvalue weighted by atomic mass is 9.96. The number of piperidine rings is 1. The first kappa shape index (κ1) is 13.0. The molecule has 0 saturated carbocycles. The highest BCUT2D eigenvalue weighted by atomic mass is 19.1. The molecule has 2 fully saturated rings. The van der Waals surface area contributed by atoms with Crippen LogP contribution in [0.5, 0.6) is 0 Å². The van der Waals surface area contributed by atoms with E-state index in [1.807, 2.05) is 24.4 Å². The molecule has 3 heterocycles. The minimum atomic E-state index is -0.154. The number of hydrogen-bond donors (Lipinski definition) is 0. The van der Waals surface area contributed by atoms with Crippen molar-refractivity contribution in [3.63, 3.8) is 0 Å². The topological polar surface area (TPSA) is 21.1 Å². The molecule has 0 amide bonds. The van der Waals surface area contributed by atoms with Gasteiger partial charge in [0.05, 0.1) is 6.04 Å². The first-order valence-corrected chi connectivity index (χ1v) is 7.79. The molecule has 2 aromatic rings. The van der Waals surface area contributed by atoms with E-state index in [1.165, 1.54) is 31.2 Å². The van der Waals surface area contributed by atoms with Crippen molar-refractivity contribution in [1.82, 2.24) is 14.7 Å². The molecule has 4 rings (SSSR count). The molecule has 2 bridgehead atoms. The molecule has 4 heteroatoms. The summed E-state index contributed by atoms with van der Waals surface area (Å²) in [6.45, 7) is 0.946. The van der Waals surface area contributed by atoms with Crippen molar-refractivity contribution in [2.75, 3.05) is 0 Å². The SMILES string of the molecule is Fc1ccc(CN2C3CCC2CC(n2cccn2)C3)cc1. The second-order valence-corrected chi connectivity index (χ2v) is 6.30. The van der Waals surface area contributed by atoms with E-state index in [-0.39, 0.29) is 5.82 Å². The van der Waals surface area contributed by atoms with Gasteiger partial charge in [-0.05, 0) is 49.4 Å². The van der Waals surface area contributed by atoms with E-state index in [0.29, 0.717) is 18.1 Å². The van der Waals surface area contributed by atoms with E-state index in [1.54, 1.807) is 12.1 Å². The monoisotopic (exact) mass is 285 g/mol. The van der Waals surface area contributed by atoms with Crippen LogP contribution in [0.4, 0.5) is 4.39 Å². The van der Waals surface area contributed by atoms with Crippen molar-refractivity contribution in [2.45, 2.75) is 50.4 Å². The van der Waals surface area contributed by atoms with E-state index < -0.39 is 0 Å². The summed E-state index contributed by atoms with van der Waals surface area (Å²) in [7, 11) is 0. The van der Waals surface area contributed by atoms with Crippen LogP contribution in [0.2, 0.25) is 0 Å². The lowest BCUT2D eigenvalue weighted by Crippen LogP contribution is -2.42. The van der Waals surface area contributed by atoms with Crippen LogP contribution < -0.4 is 0 Å². The number of halogens is 1. The molecule has 110 valence electrons. The molecule has 0 aliphatic carbocycles. The normalized spacial score (nSPS) is 28.9. The number of nitrogens with zero attached hydrogens (tertiary/aromatic N) is 3. The van der Waals surface area contributed by atoms with Gasteiger partial charge < -0.3 is 0 Å². The Balaban J connectivity index is 1.48. The molecule has 0 radical (unpaired) electrons. The number of rotatable bonds is 3. The summed E-state index contributed by atoms with van der Waals surface area (Å²) < 4.78 is 15.1. The molecule has 2 aliphatic rings. The highest BCUT2D eigenvalue weighted by Gasteiger charge is 2.41. The van der Waals surface area contributed by atoms with Gasteiger partial charge in [-0.15, -0.1) is 0 Å². The fourth-order valence-corrected chi connectivity index (χ4v) is 4.02. The Hall–Kier alpha value is -1.68. The minimum Gasteiger partial charge on any atom is -0.293 e. The fraction of sp³-hybridized carbons (Fsp3) is 0.471. The molecular formula is C17H20FN3. The number of hydrogen-bond acceptors (Lipinski definition) is 2. The predicted octanol–water partition coefficient (Wildman–Crippen LogP) is 3.39. The Morgan fingerprint density at radius 2 is 1.76 bits per heavy atom. The number of fused-ring (bicyclic) bond motifs is 2. The van der Waals surface area contributed by atoms with E-state index in [2.05, 4.69) is 20.9 Å². The summed E-state index contributed by atoms with van der Waals surface area (Å²) in [6.07, 6.45) is 8.87. The van der Waals surface area contributed by atoms with Crippen LogP contribution in [0.15, 0.2) is 42.7 Å². The maximum Gasteiger partial charge on any atom is 0.123 e. The minimum absolute atomic E-state index is 0.154. The summed E-state index contributed by atoms with van der Waals surface area (Å²) in [5, 5.41) is 4.41. The first-order chi connectivity index (χ1) is 10.3. The predicted molar refractivity (Wildman–Crippen MR) is 79.3 cm³/mol. The van der Waals surface area contributed by atoms with Crippen LogP contribution in [0, 0.1) is 5.82 Å². The molecule has 1 aromatic carbocycles. The third-order valence-electron chi connectivity index (χ3n) is 5.04. The molecule has 2 aliphatic heterocycles. The van der Waals surface area contributed by atoms with Crippen LogP contribution in [-0.2, 0) is 6.54 Å². The average molecular weight is 285 g/mol. The van der Waals surface area contributed by atoms with Crippen molar-refractivity contribution in [3.8, 4) is 0 Å². The number of aromatic nitrogens is 2. The van der Waals surface area contributed by atoms with Gasteiger partial charge in [0.15, 0.2) is 0 Å². The van der Waals surface area contributed by atoms with Gasteiger partial charge >= 0.3 is 0 Å². The van der Waals surface area contributed by atoms with Crippen LogP contribution in [-0.4, -0.2) is 26.8 Å². The van der Waals surface area contributed by atoms with Gasteiger partial charge in [0.2, 0.25) is 0 Å². The summed E-state index contributed by atoms with van der Waals surface area (Å²) in [5.74, 6) is -0.154. The van der Waals surface area contributed by atoms with Crippen LogP contribution in [0.3, 0.4) is 0 Å². The zero-order chi connectivity index (χ0) is 14.2. The largest absolute Gasteiger partial charge is 0.293 e. The highest BCUT2D eigenvalue weighted by molar-refractivity contribution is 5.17. The third-order valence-corrected chi connectivity index (χ3v) is 5.04. The second kappa shape index (κ2) is 5.26.